The molecule has 0 unspecified atom stereocenters. The molecule has 7 heteroatoms. The summed E-state index contributed by atoms with van der Waals surface area (Å²) in [6, 6.07) is 13.3. The molecule has 0 aliphatic rings. The fraction of sp³-hybridized carbons (Fsp3) is 0.0588. The van der Waals surface area contributed by atoms with E-state index in [0.29, 0.717) is 16.1 Å². The maximum absolute atomic E-state index is 12.5. The molecule has 0 radical (unpaired) electrons. The van der Waals surface area contributed by atoms with Crippen LogP contribution in [0, 0.1) is 11.3 Å². The smallest absolute Gasteiger partial charge is 0.337 e. The van der Waals surface area contributed by atoms with Crippen molar-refractivity contribution in [3.63, 3.8) is 0 Å². The van der Waals surface area contributed by atoms with E-state index in [1.807, 2.05) is 0 Å². The highest BCUT2D eigenvalue weighted by atomic mass is 35.5. The summed E-state index contributed by atoms with van der Waals surface area (Å²) in [5.41, 5.74) is 0.797. The van der Waals surface area contributed by atoms with Crippen molar-refractivity contribution in [3.8, 4) is 6.07 Å². The summed E-state index contributed by atoms with van der Waals surface area (Å²) in [7, 11) is -2.68. The number of nitrogens with zero attached hydrogens (tertiary/aromatic N) is 1. The minimum atomic E-state index is -3.95. The molecule has 0 bridgehead atoms. The third-order valence-electron chi connectivity index (χ3n) is 3.15. The fourth-order valence-electron chi connectivity index (χ4n) is 1.90. The minimum Gasteiger partial charge on any atom is -0.465 e. The maximum atomic E-state index is 12.5. The highest BCUT2D eigenvalue weighted by Crippen LogP contribution is 2.23. The number of hydrogen-bond acceptors (Lipinski definition) is 5. The van der Waals surface area contributed by atoms with Crippen molar-refractivity contribution >= 4 is 33.5 Å². The lowest BCUT2D eigenvalue weighted by molar-refractivity contribution is 0.0600. The summed E-state index contributed by atoms with van der Waals surface area (Å²) in [4.78, 5) is 10.9. The summed E-state index contributed by atoms with van der Waals surface area (Å²) in [5, 5.41) is 9.62. The predicted molar refractivity (Wildman–Crippen MR) is 90.0 cm³/mol. The third kappa shape index (κ3) is 3.82. The molecular weight excluding hydrogens is 350 g/mol. The Hall–Kier alpha value is -2.62. The lowest BCUT2D eigenvalue weighted by Crippen LogP contribution is -2.03. The Morgan fingerprint density at radius 3 is 2.21 bits per heavy atom. The number of allylic oxidation sites excluding steroid dienone is 1. The summed E-state index contributed by atoms with van der Waals surface area (Å²) >= 11 is 5.75. The Balaban J connectivity index is 2.40. The van der Waals surface area contributed by atoms with Crippen LogP contribution in [0.25, 0.3) is 6.08 Å². The maximum Gasteiger partial charge on any atom is 0.337 e. The number of sulfone groups is 1. The number of benzene rings is 2. The first-order chi connectivity index (χ1) is 11.4. The molecule has 0 fully saturated rings. The van der Waals surface area contributed by atoms with Gasteiger partial charge in [0.05, 0.1) is 17.6 Å². The van der Waals surface area contributed by atoms with E-state index in [4.69, 9.17) is 11.6 Å². The van der Waals surface area contributed by atoms with Gasteiger partial charge in [-0.1, -0.05) is 23.7 Å². The Morgan fingerprint density at radius 2 is 1.71 bits per heavy atom. The van der Waals surface area contributed by atoms with E-state index in [1.54, 1.807) is 6.07 Å². The quantitative estimate of drug-likeness (QED) is 0.615. The van der Waals surface area contributed by atoms with E-state index in [1.165, 1.54) is 61.7 Å². The Kier molecular flexibility index (Phi) is 5.39. The zero-order valence-corrected chi connectivity index (χ0v) is 14.1. The van der Waals surface area contributed by atoms with Crippen LogP contribution in [0.5, 0.6) is 0 Å². The van der Waals surface area contributed by atoms with Gasteiger partial charge in [-0.05, 0) is 48.0 Å². The van der Waals surface area contributed by atoms with E-state index in [0.717, 1.165) is 0 Å². The Morgan fingerprint density at radius 1 is 1.12 bits per heavy atom. The number of rotatable bonds is 4. The number of nitriles is 1. The van der Waals surface area contributed by atoms with Gasteiger partial charge in [0, 0.05) is 5.02 Å². The first-order valence-corrected chi connectivity index (χ1v) is 8.55. The number of hydrogen-bond donors (Lipinski definition) is 0. The van der Waals surface area contributed by atoms with Gasteiger partial charge in [0.25, 0.3) is 0 Å². The van der Waals surface area contributed by atoms with Gasteiger partial charge >= 0.3 is 5.97 Å². The van der Waals surface area contributed by atoms with Crippen LogP contribution in [-0.2, 0) is 14.6 Å². The second-order valence-corrected chi connectivity index (χ2v) is 7.05. The van der Waals surface area contributed by atoms with Crippen LogP contribution in [0.2, 0.25) is 5.02 Å². The van der Waals surface area contributed by atoms with Gasteiger partial charge in [-0.3, -0.25) is 0 Å². The van der Waals surface area contributed by atoms with Crippen molar-refractivity contribution in [1.29, 1.82) is 5.26 Å². The molecule has 0 amide bonds. The molecule has 0 aromatic heterocycles. The van der Waals surface area contributed by atoms with Gasteiger partial charge in [0.15, 0.2) is 0 Å². The first-order valence-electron chi connectivity index (χ1n) is 6.69. The van der Waals surface area contributed by atoms with Crippen LogP contribution in [0.4, 0.5) is 0 Å². The summed E-state index contributed by atoms with van der Waals surface area (Å²) in [6.07, 6.45) is 1.24. The topological polar surface area (TPSA) is 84.2 Å². The highest BCUT2D eigenvalue weighted by Gasteiger charge is 2.20. The van der Waals surface area contributed by atoms with E-state index in [9.17, 15) is 18.5 Å². The second kappa shape index (κ2) is 7.30. The van der Waals surface area contributed by atoms with Gasteiger partial charge in [0.1, 0.15) is 11.0 Å². The van der Waals surface area contributed by atoms with E-state index in [2.05, 4.69) is 4.74 Å². The largest absolute Gasteiger partial charge is 0.465 e. The molecule has 0 N–H and O–H groups in total. The van der Waals surface area contributed by atoms with E-state index < -0.39 is 20.7 Å². The predicted octanol–water partition coefficient (Wildman–Crippen LogP) is 3.46. The van der Waals surface area contributed by atoms with Crippen molar-refractivity contribution in [2.24, 2.45) is 0 Å². The van der Waals surface area contributed by atoms with Gasteiger partial charge in [-0.2, -0.15) is 5.26 Å². The van der Waals surface area contributed by atoms with Crippen LogP contribution in [-0.4, -0.2) is 21.5 Å². The highest BCUT2D eigenvalue weighted by molar-refractivity contribution is 7.95. The SMILES string of the molecule is COC(=O)c1ccc(/C=C(\C#N)S(=O)(=O)c2ccc(Cl)cc2)cc1. The van der Waals surface area contributed by atoms with E-state index >= 15 is 0 Å². The molecule has 0 aliphatic heterocycles. The minimum absolute atomic E-state index is 0.0223. The number of ether oxygens (including phenoxy) is 1. The van der Waals surface area contributed by atoms with Crippen LogP contribution < -0.4 is 0 Å². The lowest BCUT2D eigenvalue weighted by atomic mass is 10.1. The van der Waals surface area contributed by atoms with Crippen LogP contribution >= 0.6 is 11.6 Å². The third-order valence-corrected chi connectivity index (χ3v) is 5.09. The molecule has 0 spiro atoms. The Bertz CT molecular complexity index is 924. The molecule has 24 heavy (non-hydrogen) atoms. The van der Waals surface area contributed by atoms with Gasteiger partial charge in [0.2, 0.25) is 9.84 Å². The standard InChI is InChI=1S/C17H12ClNO4S/c1-23-17(20)13-4-2-12(3-5-13)10-16(11-19)24(21,22)15-8-6-14(18)7-9-15/h2-10H,1H3/b16-10+. The molecule has 0 aliphatic carbocycles. The number of carbonyl (C=O) groups is 1. The lowest BCUT2D eigenvalue weighted by Gasteiger charge is -2.04. The number of esters is 1. The van der Waals surface area contributed by atoms with Gasteiger partial charge < -0.3 is 4.74 Å². The zero-order valence-electron chi connectivity index (χ0n) is 12.6. The van der Waals surface area contributed by atoms with E-state index in [-0.39, 0.29) is 4.90 Å². The zero-order chi connectivity index (χ0) is 17.7. The van der Waals surface area contributed by atoms with Crippen molar-refractivity contribution < 1.29 is 17.9 Å². The molecule has 2 rings (SSSR count). The molecule has 5 nitrogen and oxygen atoms in total. The molecule has 2 aromatic rings. The molecule has 2 aromatic carbocycles. The second-order valence-electron chi connectivity index (χ2n) is 4.69. The number of methoxy groups -OCH3 is 1. The molecule has 0 atom stereocenters. The molecule has 122 valence electrons. The first kappa shape index (κ1) is 17.7. The van der Waals surface area contributed by atoms with Crippen molar-refractivity contribution in [2.75, 3.05) is 7.11 Å². The number of halogens is 1. The Labute approximate surface area is 144 Å². The monoisotopic (exact) mass is 361 g/mol. The average molecular weight is 362 g/mol. The van der Waals surface area contributed by atoms with Crippen LogP contribution in [0.3, 0.4) is 0 Å². The fourth-order valence-corrected chi connectivity index (χ4v) is 3.18. The summed E-state index contributed by atoms with van der Waals surface area (Å²) in [6.45, 7) is 0. The van der Waals surface area contributed by atoms with Crippen molar-refractivity contribution in [1.82, 2.24) is 0 Å². The van der Waals surface area contributed by atoms with Crippen LogP contribution in [0.15, 0.2) is 58.3 Å². The normalized spacial score (nSPS) is 11.6. The molecule has 0 saturated carbocycles. The molecule has 0 saturated heterocycles. The average Bonchev–Trinajstić information content (AvgIpc) is 2.59. The number of carbonyl (C=O) groups excluding carboxylic acids is 1. The summed E-state index contributed by atoms with van der Waals surface area (Å²) < 4.78 is 29.6. The van der Waals surface area contributed by atoms with Crippen LogP contribution in [0.1, 0.15) is 15.9 Å². The van der Waals surface area contributed by atoms with Gasteiger partial charge in [-0.15, -0.1) is 0 Å². The summed E-state index contributed by atoms with van der Waals surface area (Å²) in [5.74, 6) is -0.500. The van der Waals surface area contributed by atoms with Gasteiger partial charge in [-0.25, -0.2) is 13.2 Å². The molecule has 0 heterocycles. The van der Waals surface area contributed by atoms with Crippen molar-refractivity contribution in [2.45, 2.75) is 4.90 Å². The molecular formula is C17H12ClNO4S. The van der Waals surface area contributed by atoms with Crippen molar-refractivity contribution in [3.05, 3.63) is 69.6 Å².